The lowest BCUT2D eigenvalue weighted by Gasteiger charge is -2.45. The van der Waals surface area contributed by atoms with Crippen molar-refractivity contribution in [1.82, 2.24) is 0 Å². The highest BCUT2D eigenvalue weighted by Crippen LogP contribution is 2.42. The van der Waals surface area contributed by atoms with E-state index in [1.54, 1.807) is 14.0 Å². The van der Waals surface area contributed by atoms with Crippen LogP contribution in [0, 0.1) is 11.3 Å². The van der Waals surface area contributed by atoms with E-state index < -0.39 is 0 Å². The second-order valence-corrected chi connectivity index (χ2v) is 7.50. The SMILES string of the molecule is CCCCCCCCOC1CCC(C)(C)C(OC)C1C(C)=O. The van der Waals surface area contributed by atoms with Gasteiger partial charge in [-0.05, 0) is 31.6 Å². The lowest BCUT2D eigenvalue weighted by molar-refractivity contribution is -0.155. The minimum atomic E-state index is -0.117. The van der Waals surface area contributed by atoms with E-state index in [1.807, 2.05) is 0 Å². The quantitative estimate of drug-likeness (QED) is 0.545. The van der Waals surface area contributed by atoms with Crippen LogP contribution in [-0.2, 0) is 14.3 Å². The summed E-state index contributed by atoms with van der Waals surface area (Å²) in [6.07, 6.45) is 9.60. The number of rotatable bonds is 10. The fourth-order valence-electron chi connectivity index (χ4n) is 3.76. The standard InChI is InChI=1S/C19H36O3/c1-6-7-8-9-10-11-14-22-16-12-13-19(3,4)18(21-5)17(16)15(2)20/h16-18H,6-14H2,1-5H3. The number of carbonyl (C=O) groups is 1. The summed E-state index contributed by atoms with van der Waals surface area (Å²) in [5, 5.41) is 0. The van der Waals surface area contributed by atoms with E-state index in [2.05, 4.69) is 20.8 Å². The second-order valence-electron chi connectivity index (χ2n) is 7.50. The van der Waals surface area contributed by atoms with Crippen molar-refractivity contribution in [1.29, 1.82) is 0 Å². The molecule has 0 aliphatic heterocycles. The smallest absolute Gasteiger partial charge is 0.138 e. The first-order valence-electron chi connectivity index (χ1n) is 9.09. The minimum Gasteiger partial charge on any atom is -0.380 e. The molecule has 1 fully saturated rings. The first kappa shape index (κ1) is 19.6. The Morgan fingerprint density at radius 2 is 1.77 bits per heavy atom. The molecule has 1 aliphatic carbocycles. The van der Waals surface area contributed by atoms with Crippen molar-refractivity contribution in [3.05, 3.63) is 0 Å². The third kappa shape index (κ3) is 5.66. The Morgan fingerprint density at radius 1 is 1.14 bits per heavy atom. The molecule has 0 radical (unpaired) electrons. The van der Waals surface area contributed by atoms with Gasteiger partial charge >= 0.3 is 0 Å². The summed E-state index contributed by atoms with van der Waals surface area (Å²) in [7, 11) is 1.72. The van der Waals surface area contributed by atoms with E-state index in [4.69, 9.17) is 9.47 Å². The van der Waals surface area contributed by atoms with Crippen molar-refractivity contribution in [2.45, 2.75) is 91.3 Å². The molecule has 1 aliphatic rings. The van der Waals surface area contributed by atoms with E-state index in [0.717, 1.165) is 25.9 Å². The van der Waals surface area contributed by atoms with E-state index in [0.29, 0.717) is 0 Å². The topological polar surface area (TPSA) is 35.5 Å². The predicted molar refractivity (Wildman–Crippen MR) is 91.1 cm³/mol. The first-order chi connectivity index (χ1) is 10.4. The molecule has 0 aromatic rings. The minimum absolute atomic E-state index is 0.0334. The molecule has 3 heteroatoms. The number of hydrogen-bond acceptors (Lipinski definition) is 3. The first-order valence-corrected chi connectivity index (χ1v) is 9.09. The highest BCUT2D eigenvalue weighted by Gasteiger charge is 2.46. The van der Waals surface area contributed by atoms with Gasteiger partial charge in [0.25, 0.3) is 0 Å². The highest BCUT2D eigenvalue weighted by atomic mass is 16.5. The van der Waals surface area contributed by atoms with Gasteiger partial charge in [0.15, 0.2) is 0 Å². The van der Waals surface area contributed by atoms with Gasteiger partial charge in [0.05, 0.1) is 18.1 Å². The van der Waals surface area contributed by atoms with Crippen LogP contribution in [0.1, 0.15) is 79.1 Å². The number of ether oxygens (including phenoxy) is 2. The number of Topliss-reactive ketones (excluding diaryl/α,β-unsaturated/α-hetero) is 1. The van der Waals surface area contributed by atoms with Crippen LogP contribution in [0.15, 0.2) is 0 Å². The Labute approximate surface area is 137 Å². The van der Waals surface area contributed by atoms with Gasteiger partial charge in [-0.3, -0.25) is 4.79 Å². The van der Waals surface area contributed by atoms with Crippen LogP contribution in [0.3, 0.4) is 0 Å². The van der Waals surface area contributed by atoms with E-state index in [-0.39, 0.29) is 29.3 Å². The maximum absolute atomic E-state index is 12.1. The zero-order chi connectivity index (χ0) is 16.6. The van der Waals surface area contributed by atoms with Crippen LogP contribution in [0.25, 0.3) is 0 Å². The zero-order valence-electron chi connectivity index (χ0n) is 15.3. The summed E-state index contributed by atoms with van der Waals surface area (Å²) in [4.78, 5) is 12.1. The summed E-state index contributed by atoms with van der Waals surface area (Å²) in [6, 6.07) is 0. The molecular formula is C19H36O3. The Hall–Kier alpha value is -0.410. The van der Waals surface area contributed by atoms with Crippen molar-refractivity contribution in [3.8, 4) is 0 Å². The van der Waals surface area contributed by atoms with Crippen molar-refractivity contribution < 1.29 is 14.3 Å². The van der Waals surface area contributed by atoms with Crippen molar-refractivity contribution in [2.24, 2.45) is 11.3 Å². The molecule has 3 unspecified atom stereocenters. The maximum atomic E-state index is 12.1. The fourth-order valence-corrected chi connectivity index (χ4v) is 3.76. The lowest BCUT2D eigenvalue weighted by Crippen LogP contribution is -2.51. The molecular weight excluding hydrogens is 276 g/mol. The van der Waals surface area contributed by atoms with Crippen molar-refractivity contribution in [3.63, 3.8) is 0 Å². The number of methoxy groups -OCH3 is 1. The van der Waals surface area contributed by atoms with E-state index >= 15 is 0 Å². The average molecular weight is 312 g/mol. The van der Waals surface area contributed by atoms with Crippen LogP contribution >= 0.6 is 0 Å². The van der Waals surface area contributed by atoms with Crippen LogP contribution in [0.2, 0.25) is 0 Å². The zero-order valence-corrected chi connectivity index (χ0v) is 15.3. The number of carbonyl (C=O) groups excluding carboxylic acids is 1. The molecule has 0 heterocycles. The highest BCUT2D eigenvalue weighted by molar-refractivity contribution is 5.79. The molecule has 22 heavy (non-hydrogen) atoms. The van der Waals surface area contributed by atoms with E-state index in [1.165, 1.54) is 32.1 Å². The van der Waals surface area contributed by atoms with Crippen LogP contribution in [0.5, 0.6) is 0 Å². The van der Waals surface area contributed by atoms with Gasteiger partial charge in [-0.25, -0.2) is 0 Å². The lowest BCUT2D eigenvalue weighted by atomic mass is 9.67. The van der Waals surface area contributed by atoms with Gasteiger partial charge in [-0.1, -0.05) is 52.9 Å². The second kappa shape index (κ2) is 9.67. The van der Waals surface area contributed by atoms with Gasteiger partial charge in [-0.15, -0.1) is 0 Å². The van der Waals surface area contributed by atoms with Crippen LogP contribution in [-0.4, -0.2) is 31.7 Å². The van der Waals surface area contributed by atoms with Crippen LogP contribution < -0.4 is 0 Å². The van der Waals surface area contributed by atoms with Gasteiger partial charge in [0, 0.05) is 13.7 Å². The fraction of sp³-hybridized carbons (Fsp3) is 0.947. The van der Waals surface area contributed by atoms with Gasteiger partial charge < -0.3 is 9.47 Å². The van der Waals surface area contributed by atoms with Crippen LogP contribution in [0.4, 0.5) is 0 Å². The van der Waals surface area contributed by atoms with Gasteiger partial charge in [0.2, 0.25) is 0 Å². The maximum Gasteiger partial charge on any atom is 0.138 e. The third-order valence-corrected chi connectivity index (χ3v) is 5.12. The van der Waals surface area contributed by atoms with Gasteiger partial charge in [-0.2, -0.15) is 0 Å². The van der Waals surface area contributed by atoms with Crippen molar-refractivity contribution in [2.75, 3.05) is 13.7 Å². The molecule has 0 saturated heterocycles. The Bertz CT molecular complexity index is 325. The average Bonchev–Trinajstić information content (AvgIpc) is 2.46. The molecule has 0 amide bonds. The summed E-state index contributed by atoms with van der Waals surface area (Å²) in [5.74, 6) is 0.0846. The number of hydrogen-bond donors (Lipinski definition) is 0. The summed E-state index contributed by atoms with van der Waals surface area (Å²) in [5.41, 5.74) is 0.0467. The molecule has 0 bridgehead atoms. The molecule has 0 aromatic heterocycles. The van der Waals surface area contributed by atoms with Crippen molar-refractivity contribution >= 4 is 5.78 Å². The summed E-state index contributed by atoms with van der Waals surface area (Å²) >= 11 is 0. The molecule has 130 valence electrons. The summed E-state index contributed by atoms with van der Waals surface area (Å²) < 4.78 is 11.8. The number of ketones is 1. The third-order valence-electron chi connectivity index (χ3n) is 5.12. The normalized spacial score (nSPS) is 27.8. The molecule has 1 rings (SSSR count). The molecule has 3 atom stereocenters. The number of unbranched alkanes of at least 4 members (excludes halogenated alkanes) is 5. The molecule has 1 saturated carbocycles. The Morgan fingerprint density at radius 3 is 2.36 bits per heavy atom. The molecule has 3 nitrogen and oxygen atoms in total. The Balaban J connectivity index is 2.43. The molecule has 0 N–H and O–H groups in total. The largest absolute Gasteiger partial charge is 0.380 e. The monoisotopic (exact) mass is 312 g/mol. The van der Waals surface area contributed by atoms with Gasteiger partial charge in [0.1, 0.15) is 5.78 Å². The summed E-state index contributed by atoms with van der Waals surface area (Å²) in [6.45, 7) is 9.08. The molecule has 0 spiro atoms. The Kier molecular flexibility index (Phi) is 8.63. The van der Waals surface area contributed by atoms with E-state index in [9.17, 15) is 4.79 Å². The molecule has 0 aromatic carbocycles. The predicted octanol–water partition coefficient (Wildman–Crippen LogP) is 4.77.